The van der Waals surface area contributed by atoms with E-state index in [9.17, 15) is 0 Å². The number of nitrogen functional groups attached to an aromatic ring is 2. The lowest BCUT2D eigenvalue weighted by Crippen LogP contribution is -2.00. The Morgan fingerprint density at radius 1 is 1.18 bits per heavy atom. The van der Waals surface area contributed by atoms with E-state index >= 15 is 0 Å². The molecule has 0 radical (unpaired) electrons. The number of hydrogen-bond donors (Lipinski definition) is 3. The molecule has 0 spiro atoms. The average molecular weight is 227 g/mol. The van der Waals surface area contributed by atoms with Crippen LogP contribution in [0.4, 0.5) is 11.8 Å². The smallest absolute Gasteiger partial charge is 0.224 e. The monoisotopic (exact) mass is 227 g/mol. The minimum atomic E-state index is 0.110. The average Bonchev–Trinajstić information content (AvgIpc) is 2.74. The van der Waals surface area contributed by atoms with Crippen LogP contribution in [0, 0.1) is 0 Å². The summed E-state index contributed by atoms with van der Waals surface area (Å²) in [6.07, 6.45) is 3.41. The number of aromatic amines is 1. The minimum Gasteiger partial charge on any atom is -0.383 e. The lowest BCUT2D eigenvalue weighted by Gasteiger charge is -2.00. The molecule has 84 valence electrons. The van der Waals surface area contributed by atoms with Crippen LogP contribution in [0.1, 0.15) is 0 Å². The van der Waals surface area contributed by atoms with Gasteiger partial charge in [0.1, 0.15) is 5.82 Å². The molecule has 17 heavy (non-hydrogen) atoms. The van der Waals surface area contributed by atoms with Crippen LogP contribution >= 0.6 is 0 Å². The van der Waals surface area contributed by atoms with Crippen molar-refractivity contribution >= 4 is 22.8 Å². The molecule has 0 aliphatic rings. The molecule has 0 unspecified atom stereocenters. The summed E-state index contributed by atoms with van der Waals surface area (Å²) in [5.74, 6) is 0.416. The Labute approximate surface area is 95.9 Å². The number of pyridine rings is 1. The number of rotatable bonds is 1. The molecule has 0 fully saturated rings. The number of nitrogens with two attached hydrogens (primary N) is 2. The van der Waals surface area contributed by atoms with Crippen LogP contribution in [0.15, 0.2) is 24.5 Å². The van der Waals surface area contributed by atoms with E-state index in [4.69, 9.17) is 11.5 Å². The molecule has 3 aromatic heterocycles. The van der Waals surface area contributed by atoms with Gasteiger partial charge in [-0.1, -0.05) is 0 Å². The number of hydrogen-bond acceptors (Lipinski definition) is 6. The molecule has 3 heterocycles. The van der Waals surface area contributed by atoms with Crippen LogP contribution in [0.25, 0.3) is 22.3 Å². The third-order valence-electron chi connectivity index (χ3n) is 2.41. The molecule has 0 saturated carbocycles. The first-order chi connectivity index (χ1) is 8.25. The fourth-order valence-electron chi connectivity index (χ4n) is 1.69. The second kappa shape index (κ2) is 3.41. The zero-order valence-electron chi connectivity index (χ0n) is 8.75. The van der Waals surface area contributed by atoms with Gasteiger partial charge in [0.15, 0.2) is 5.65 Å². The van der Waals surface area contributed by atoms with Crippen molar-refractivity contribution in [2.45, 2.75) is 0 Å². The number of nitrogens with zero attached hydrogens (tertiary/aromatic N) is 4. The number of anilines is 2. The van der Waals surface area contributed by atoms with E-state index in [1.807, 2.05) is 12.1 Å². The van der Waals surface area contributed by atoms with Crippen molar-refractivity contribution in [1.82, 2.24) is 25.1 Å². The summed E-state index contributed by atoms with van der Waals surface area (Å²) in [6.45, 7) is 0. The van der Waals surface area contributed by atoms with Crippen molar-refractivity contribution in [3.63, 3.8) is 0 Å². The standard InChI is InChI=1S/C10H9N7/c11-8-6-7(5-2-1-3-13-4-5)16-17-9(6)15-10(12)14-8/h1-4H,(H5,11,12,14,15,16,17). The normalized spacial score (nSPS) is 10.8. The molecule has 7 nitrogen and oxygen atoms in total. The zero-order chi connectivity index (χ0) is 11.8. The van der Waals surface area contributed by atoms with Crippen LogP contribution in [0.3, 0.4) is 0 Å². The van der Waals surface area contributed by atoms with Crippen LogP contribution < -0.4 is 11.5 Å². The molecule has 0 aliphatic heterocycles. The van der Waals surface area contributed by atoms with Gasteiger partial charge in [-0.05, 0) is 12.1 Å². The molecular weight excluding hydrogens is 218 g/mol. The molecule has 0 bridgehead atoms. The van der Waals surface area contributed by atoms with E-state index in [-0.39, 0.29) is 5.95 Å². The predicted molar refractivity (Wildman–Crippen MR) is 63.7 cm³/mol. The van der Waals surface area contributed by atoms with Gasteiger partial charge >= 0.3 is 0 Å². The molecule has 0 aromatic carbocycles. The van der Waals surface area contributed by atoms with E-state index in [0.29, 0.717) is 16.9 Å². The molecule has 0 atom stereocenters. The van der Waals surface area contributed by atoms with Crippen LogP contribution in [-0.2, 0) is 0 Å². The second-order valence-corrected chi connectivity index (χ2v) is 3.51. The zero-order valence-corrected chi connectivity index (χ0v) is 8.75. The largest absolute Gasteiger partial charge is 0.383 e. The van der Waals surface area contributed by atoms with Gasteiger partial charge in [-0.2, -0.15) is 15.1 Å². The van der Waals surface area contributed by atoms with Crippen molar-refractivity contribution in [3.05, 3.63) is 24.5 Å². The van der Waals surface area contributed by atoms with E-state index < -0.39 is 0 Å². The SMILES string of the molecule is Nc1nc(N)c2c(-c3cccnc3)[nH]nc2n1. The number of nitrogens with one attached hydrogen (secondary N) is 1. The third kappa shape index (κ3) is 1.44. The fourth-order valence-corrected chi connectivity index (χ4v) is 1.69. The lowest BCUT2D eigenvalue weighted by molar-refractivity contribution is 1.09. The quantitative estimate of drug-likeness (QED) is 0.559. The van der Waals surface area contributed by atoms with E-state index in [2.05, 4.69) is 25.1 Å². The van der Waals surface area contributed by atoms with Crippen molar-refractivity contribution in [3.8, 4) is 11.3 Å². The summed E-state index contributed by atoms with van der Waals surface area (Å²) in [6, 6.07) is 3.73. The van der Waals surface area contributed by atoms with Gasteiger partial charge in [0.2, 0.25) is 5.95 Å². The minimum absolute atomic E-state index is 0.110. The Morgan fingerprint density at radius 2 is 2.06 bits per heavy atom. The topological polar surface area (TPSA) is 119 Å². The maximum Gasteiger partial charge on any atom is 0.224 e. The highest BCUT2D eigenvalue weighted by molar-refractivity contribution is 5.98. The molecule has 7 heteroatoms. The highest BCUT2D eigenvalue weighted by atomic mass is 15.2. The van der Waals surface area contributed by atoms with Gasteiger partial charge in [-0.3, -0.25) is 10.1 Å². The van der Waals surface area contributed by atoms with Gasteiger partial charge < -0.3 is 11.5 Å². The molecular formula is C10H9N7. The Bertz CT molecular complexity index is 674. The Hall–Kier alpha value is -2.70. The predicted octanol–water partition coefficient (Wildman–Crippen LogP) is 0.579. The highest BCUT2D eigenvalue weighted by Gasteiger charge is 2.13. The molecule has 3 rings (SSSR count). The van der Waals surface area contributed by atoms with Crippen LogP contribution in [-0.4, -0.2) is 25.1 Å². The maximum atomic E-state index is 5.83. The van der Waals surface area contributed by atoms with Gasteiger partial charge in [0, 0.05) is 18.0 Å². The van der Waals surface area contributed by atoms with Crippen LogP contribution in [0.5, 0.6) is 0 Å². The maximum absolute atomic E-state index is 5.83. The highest BCUT2D eigenvalue weighted by Crippen LogP contribution is 2.28. The van der Waals surface area contributed by atoms with Gasteiger partial charge in [-0.15, -0.1) is 0 Å². The van der Waals surface area contributed by atoms with Crippen molar-refractivity contribution in [2.24, 2.45) is 0 Å². The summed E-state index contributed by atoms with van der Waals surface area (Å²) in [5.41, 5.74) is 13.4. The molecule has 3 aromatic rings. The first kappa shape index (κ1) is 9.52. The Kier molecular flexibility index (Phi) is 1.91. The second-order valence-electron chi connectivity index (χ2n) is 3.51. The molecule has 0 aliphatic carbocycles. The van der Waals surface area contributed by atoms with Gasteiger partial charge in [0.25, 0.3) is 0 Å². The molecule has 5 N–H and O–H groups in total. The lowest BCUT2D eigenvalue weighted by atomic mass is 10.1. The first-order valence-corrected chi connectivity index (χ1v) is 4.93. The summed E-state index contributed by atoms with van der Waals surface area (Å²) < 4.78 is 0. The number of fused-ring (bicyclic) bond motifs is 1. The Balaban J connectivity index is 2.32. The van der Waals surface area contributed by atoms with Crippen molar-refractivity contribution in [1.29, 1.82) is 0 Å². The molecule has 0 amide bonds. The first-order valence-electron chi connectivity index (χ1n) is 4.93. The van der Waals surface area contributed by atoms with E-state index in [1.165, 1.54) is 0 Å². The van der Waals surface area contributed by atoms with E-state index in [1.54, 1.807) is 12.4 Å². The number of H-pyrrole nitrogens is 1. The Morgan fingerprint density at radius 3 is 2.82 bits per heavy atom. The summed E-state index contributed by atoms with van der Waals surface area (Å²) in [4.78, 5) is 12.0. The molecule has 0 saturated heterocycles. The summed E-state index contributed by atoms with van der Waals surface area (Å²) >= 11 is 0. The summed E-state index contributed by atoms with van der Waals surface area (Å²) in [5, 5.41) is 7.58. The van der Waals surface area contributed by atoms with Gasteiger partial charge in [0.05, 0.1) is 11.1 Å². The van der Waals surface area contributed by atoms with Crippen molar-refractivity contribution in [2.75, 3.05) is 11.5 Å². The van der Waals surface area contributed by atoms with Crippen LogP contribution in [0.2, 0.25) is 0 Å². The van der Waals surface area contributed by atoms with E-state index in [0.717, 1.165) is 11.3 Å². The summed E-state index contributed by atoms with van der Waals surface area (Å²) in [7, 11) is 0. The fraction of sp³-hybridized carbons (Fsp3) is 0. The number of aromatic nitrogens is 5. The third-order valence-corrected chi connectivity index (χ3v) is 2.41. The van der Waals surface area contributed by atoms with Gasteiger partial charge in [-0.25, -0.2) is 0 Å². The van der Waals surface area contributed by atoms with Crippen molar-refractivity contribution < 1.29 is 0 Å².